The highest BCUT2D eigenvalue weighted by Crippen LogP contribution is 2.28. The van der Waals surface area contributed by atoms with Crippen LogP contribution in [0.5, 0.6) is 0 Å². The Balaban J connectivity index is 2.64. The lowest BCUT2D eigenvalue weighted by Crippen LogP contribution is -2.31. The molecule has 1 heterocycles. The van der Waals surface area contributed by atoms with Crippen molar-refractivity contribution in [1.29, 1.82) is 0 Å². The van der Waals surface area contributed by atoms with Gasteiger partial charge in [-0.15, -0.1) is 0 Å². The van der Waals surface area contributed by atoms with Crippen LogP contribution in [0.1, 0.15) is 0 Å². The molecule has 0 saturated carbocycles. The zero-order valence-electron chi connectivity index (χ0n) is 7.63. The first-order valence-corrected chi connectivity index (χ1v) is 5.27. The van der Waals surface area contributed by atoms with Crippen molar-refractivity contribution in [3.8, 4) is 0 Å². The number of hydrogen-bond donors (Lipinski definition) is 3. The predicted octanol–water partition coefficient (Wildman–Crippen LogP) is 1.61. The van der Waals surface area contributed by atoms with Crippen LogP contribution in [0.2, 0.25) is 5.02 Å². The Morgan fingerprint density at radius 1 is 1.60 bits per heavy atom. The number of aliphatic hydroxyl groups is 1. The van der Waals surface area contributed by atoms with E-state index in [-0.39, 0.29) is 13.2 Å². The van der Waals surface area contributed by atoms with Gasteiger partial charge in [-0.05, 0) is 15.9 Å². The van der Waals surface area contributed by atoms with Crippen molar-refractivity contribution in [1.82, 2.24) is 10.3 Å². The molecule has 0 atom stereocenters. The van der Waals surface area contributed by atoms with Crippen molar-refractivity contribution >= 4 is 39.2 Å². The van der Waals surface area contributed by atoms with Gasteiger partial charge in [0.1, 0.15) is 0 Å². The predicted molar refractivity (Wildman–Crippen MR) is 61.1 cm³/mol. The first-order valence-electron chi connectivity index (χ1n) is 4.10. The van der Waals surface area contributed by atoms with Crippen LogP contribution in [0.15, 0.2) is 16.9 Å². The van der Waals surface area contributed by atoms with E-state index in [0.717, 1.165) is 0 Å². The van der Waals surface area contributed by atoms with Crippen molar-refractivity contribution in [2.24, 2.45) is 0 Å². The topological polar surface area (TPSA) is 74.2 Å². The second-order valence-electron chi connectivity index (χ2n) is 2.59. The van der Waals surface area contributed by atoms with Gasteiger partial charge >= 0.3 is 6.03 Å². The SMILES string of the molecule is O=C(NCCO)Nc1cncc(Br)c1Cl. The van der Waals surface area contributed by atoms with Gasteiger partial charge in [-0.3, -0.25) is 4.98 Å². The van der Waals surface area contributed by atoms with Crippen molar-refractivity contribution in [3.05, 3.63) is 21.9 Å². The van der Waals surface area contributed by atoms with Crippen LogP contribution < -0.4 is 10.6 Å². The number of halogens is 2. The van der Waals surface area contributed by atoms with E-state index in [9.17, 15) is 4.79 Å². The Labute approximate surface area is 100.0 Å². The molecular formula is C8H9BrClN3O2. The summed E-state index contributed by atoms with van der Waals surface area (Å²) in [6.07, 6.45) is 2.96. The zero-order valence-corrected chi connectivity index (χ0v) is 9.97. The molecule has 1 aromatic heterocycles. The highest BCUT2D eigenvalue weighted by molar-refractivity contribution is 9.10. The molecule has 0 unspecified atom stereocenters. The Bertz CT molecular complexity index is 362. The third-order valence-electron chi connectivity index (χ3n) is 1.48. The number of aliphatic hydroxyl groups excluding tert-OH is 1. The molecule has 15 heavy (non-hydrogen) atoms. The van der Waals surface area contributed by atoms with Gasteiger partial charge in [0.2, 0.25) is 0 Å². The quantitative estimate of drug-likeness (QED) is 0.793. The fourth-order valence-electron chi connectivity index (χ4n) is 0.842. The van der Waals surface area contributed by atoms with Crippen molar-refractivity contribution in [3.63, 3.8) is 0 Å². The van der Waals surface area contributed by atoms with Crippen LogP contribution in [0.4, 0.5) is 10.5 Å². The second kappa shape index (κ2) is 5.89. The summed E-state index contributed by atoms with van der Waals surface area (Å²) in [7, 11) is 0. The van der Waals surface area contributed by atoms with Gasteiger partial charge in [0, 0.05) is 12.7 Å². The van der Waals surface area contributed by atoms with E-state index in [4.69, 9.17) is 16.7 Å². The summed E-state index contributed by atoms with van der Waals surface area (Å²) in [5.74, 6) is 0. The van der Waals surface area contributed by atoms with Gasteiger partial charge in [-0.25, -0.2) is 4.79 Å². The lowest BCUT2D eigenvalue weighted by Gasteiger charge is -2.08. The summed E-state index contributed by atoms with van der Waals surface area (Å²) in [5.41, 5.74) is 0.404. The number of carbonyl (C=O) groups excluding carboxylic acids is 1. The third-order valence-corrected chi connectivity index (χ3v) is 2.72. The van der Waals surface area contributed by atoms with E-state index in [1.165, 1.54) is 12.4 Å². The van der Waals surface area contributed by atoms with Gasteiger partial charge < -0.3 is 15.7 Å². The van der Waals surface area contributed by atoms with Crippen LogP contribution >= 0.6 is 27.5 Å². The second-order valence-corrected chi connectivity index (χ2v) is 3.82. The minimum atomic E-state index is -0.439. The first-order chi connectivity index (χ1) is 7.15. The van der Waals surface area contributed by atoms with E-state index >= 15 is 0 Å². The third kappa shape index (κ3) is 3.65. The molecule has 0 radical (unpaired) electrons. The van der Waals surface area contributed by atoms with Gasteiger partial charge in [0.25, 0.3) is 0 Å². The number of rotatable bonds is 3. The average molecular weight is 295 g/mol. The number of carbonyl (C=O) groups is 1. The smallest absolute Gasteiger partial charge is 0.319 e. The zero-order chi connectivity index (χ0) is 11.3. The molecule has 0 saturated heterocycles. The molecule has 3 N–H and O–H groups in total. The number of nitrogens with zero attached hydrogens (tertiary/aromatic N) is 1. The monoisotopic (exact) mass is 293 g/mol. The summed E-state index contributed by atoms with van der Waals surface area (Å²) in [6, 6.07) is -0.439. The van der Waals surface area contributed by atoms with E-state index in [1.54, 1.807) is 0 Å². The lowest BCUT2D eigenvalue weighted by atomic mass is 10.4. The standard InChI is InChI=1S/C8H9BrClN3O2/c9-5-3-11-4-6(7(5)10)13-8(15)12-1-2-14/h3-4,14H,1-2H2,(H2,12,13,15). The summed E-state index contributed by atoms with van der Waals surface area (Å²) in [6.45, 7) is 0.0722. The lowest BCUT2D eigenvalue weighted by molar-refractivity contribution is 0.245. The number of pyridine rings is 1. The molecule has 1 rings (SSSR count). The van der Waals surface area contributed by atoms with E-state index in [2.05, 4.69) is 31.5 Å². The number of amides is 2. The first kappa shape index (κ1) is 12.2. The fraction of sp³-hybridized carbons (Fsp3) is 0.250. The molecule has 82 valence electrons. The number of aromatic nitrogens is 1. The average Bonchev–Trinajstić information content (AvgIpc) is 2.22. The molecule has 0 bridgehead atoms. The number of anilines is 1. The summed E-state index contributed by atoms with van der Waals surface area (Å²) < 4.78 is 0.601. The Hall–Kier alpha value is -0.850. The molecule has 0 aliphatic rings. The molecular weight excluding hydrogens is 285 g/mol. The van der Waals surface area contributed by atoms with Crippen molar-refractivity contribution in [2.45, 2.75) is 0 Å². The molecule has 0 aliphatic heterocycles. The van der Waals surface area contributed by atoms with Gasteiger partial charge in [-0.1, -0.05) is 11.6 Å². The van der Waals surface area contributed by atoms with Gasteiger partial charge in [0.05, 0.1) is 28.0 Å². The largest absolute Gasteiger partial charge is 0.395 e. The van der Waals surface area contributed by atoms with Crippen LogP contribution in [-0.4, -0.2) is 29.3 Å². The normalized spacial score (nSPS) is 9.80. The molecule has 0 aliphatic carbocycles. The Kier molecular flexibility index (Phi) is 4.80. The molecule has 0 spiro atoms. The molecule has 2 amide bonds. The Morgan fingerprint density at radius 2 is 2.33 bits per heavy atom. The van der Waals surface area contributed by atoms with Crippen molar-refractivity contribution < 1.29 is 9.90 Å². The van der Waals surface area contributed by atoms with Crippen LogP contribution in [0.3, 0.4) is 0 Å². The van der Waals surface area contributed by atoms with E-state index < -0.39 is 6.03 Å². The van der Waals surface area contributed by atoms with E-state index in [0.29, 0.717) is 15.2 Å². The highest BCUT2D eigenvalue weighted by atomic mass is 79.9. The molecule has 5 nitrogen and oxygen atoms in total. The fourth-order valence-corrected chi connectivity index (χ4v) is 1.32. The molecule has 1 aromatic rings. The molecule has 7 heteroatoms. The number of hydrogen-bond acceptors (Lipinski definition) is 3. The molecule has 0 fully saturated rings. The van der Waals surface area contributed by atoms with Crippen LogP contribution in [0, 0.1) is 0 Å². The van der Waals surface area contributed by atoms with Gasteiger partial charge in [-0.2, -0.15) is 0 Å². The van der Waals surface area contributed by atoms with Crippen LogP contribution in [-0.2, 0) is 0 Å². The summed E-state index contributed by atoms with van der Waals surface area (Å²) in [4.78, 5) is 15.1. The number of urea groups is 1. The summed E-state index contributed by atoms with van der Waals surface area (Å²) >= 11 is 9.08. The maximum atomic E-state index is 11.2. The minimum Gasteiger partial charge on any atom is -0.395 e. The molecule has 0 aromatic carbocycles. The van der Waals surface area contributed by atoms with E-state index in [1.807, 2.05) is 0 Å². The maximum absolute atomic E-state index is 11.2. The maximum Gasteiger partial charge on any atom is 0.319 e. The van der Waals surface area contributed by atoms with Crippen LogP contribution in [0.25, 0.3) is 0 Å². The highest BCUT2D eigenvalue weighted by Gasteiger charge is 2.07. The summed E-state index contributed by atoms with van der Waals surface area (Å²) in [5, 5.41) is 13.8. The Morgan fingerprint density at radius 3 is 3.00 bits per heavy atom. The van der Waals surface area contributed by atoms with Crippen molar-refractivity contribution in [2.75, 3.05) is 18.5 Å². The number of nitrogens with one attached hydrogen (secondary N) is 2. The minimum absolute atomic E-state index is 0.113. The van der Waals surface area contributed by atoms with Gasteiger partial charge in [0.15, 0.2) is 0 Å².